The van der Waals surface area contributed by atoms with Crippen LogP contribution in [0.15, 0.2) is 42.5 Å². The second-order valence-corrected chi connectivity index (χ2v) is 7.24. The molecule has 4 amide bonds. The number of carbonyl (C=O) groups excluding carboxylic acids is 3. The molecule has 158 valence electrons. The average Bonchev–Trinajstić information content (AvgIpc) is 3.00. The molecule has 1 aliphatic rings. The van der Waals surface area contributed by atoms with Gasteiger partial charge in [0.05, 0.1) is 5.56 Å². The Morgan fingerprint density at radius 3 is 1.97 bits per heavy atom. The second kappa shape index (κ2) is 9.87. The number of likely N-dealkylation sites (tertiary alicyclic amines) is 1. The smallest absolute Gasteiger partial charge is 0.321 e. The number of amides is 4. The van der Waals surface area contributed by atoms with Gasteiger partial charge < -0.3 is 20.9 Å². The van der Waals surface area contributed by atoms with Gasteiger partial charge in [-0.2, -0.15) is 0 Å². The summed E-state index contributed by atoms with van der Waals surface area (Å²) in [6.45, 7) is 2.84. The zero-order valence-corrected chi connectivity index (χ0v) is 16.8. The summed E-state index contributed by atoms with van der Waals surface area (Å²) in [7, 11) is 0. The highest BCUT2D eigenvalue weighted by Crippen LogP contribution is 2.19. The van der Waals surface area contributed by atoms with Crippen molar-refractivity contribution in [3.05, 3.63) is 53.8 Å². The van der Waals surface area contributed by atoms with Gasteiger partial charge in [-0.1, -0.05) is 12.8 Å². The van der Waals surface area contributed by atoms with E-state index in [1.54, 1.807) is 24.3 Å². The van der Waals surface area contributed by atoms with Crippen molar-refractivity contribution in [2.45, 2.75) is 32.6 Å². The predicted molar refractivity (Wildman–Crippen MR) is 114 cm³/mol. The fourth-order valence-electron chi connectivity index (χ4n) is 3.29. The minimum atomic E-state index is -0.692. The third-order valence-corrected chi connectivity index (χ3v) is 4.82. The van der Waals surface area contributed by atoms with E-state index in [1.807, 2.05) is 4.90 Å². The van der Waals surface area contributed by atoms with Crippen LogP contribution in [-0.4, -0.2) is 35.8 Å². The molecule has 2 aromatic rings. The van der Waals surface area contributed by atoms with Gasteiger partial charge in [-0.05, 0) is 55.3 Å². The molecule has 2 aromatic carbocycles. The molecule has 0 radical (unpaired) electrons. The molecule has 1 saturated heterocycles. The molecule has 0 atom stereocenters. The Balaban J connectivity index is 1.62. The van der Waals surface area contributed by atoms with Crippen molar-refractivity contribution in [1.82, 2.24) is 4.90 Å². The van der Waals surface area contributed by atoms with Crippen LogP contribution < -0.4 is 16.0 Å². The summed E-state index contributed by atoms with van der Waals surface area (Å²) < 4.78 is 14.0. The van der Waals surface area contributed by atoms with Crippen LogP contribution in [0.4, 0.5) is 26.2 Å². The van der Waals surface area contributed by atoms with Gasteiger partial charge >= 0.3 is 6.03 Å². The van der Waals surface area contributed by atoms with Crippen molar-refractivity contribution in [2.24, 2.45) is 0 Å². The van der Waals surface area contributed by atoms with Crippen LogP contribution in [0.3, 0.4) is 0 Å². The first-order valence-corrected chi connectivity index (χ1v) is 9.97. The minimum Gasteiger partial charge on any atom is -0.326 e. The van der Waals surface area contributed by atoms with Crippen LogP contribution in [0.2, 0.25) is 0 Å². The molecule has 1 heterocycles. The van der Waals surface area contributed by atoms with Gasteiger partial charge in [0.2, 0.25) is 5.91 Å². The molecular weight excluding hydrogens is 387 g/mol. The Morgan fingerprint density at radius 1 is 0.800 bits per heavy atom. The molecule has 0 aromatic heterocycles. The van der Waals surface area contributed by atoms with E-state index in [0.717, 1.165) is 44.8 Å². The van der Waals surface area contributed by atoms with Gasteiger partial charge in [0.15, 0.2) is 0 Å². The summed E-state index contributed by atoms with van der Waals surface area (Å²) in [4.78, 5) is 37.8. The van der Waals surface area contributed by atoms with E-state index in [-0.39, 0.29) is 17.5 Å². The molecule has 1 aliphatic heterocycles. The molecule has 0 aliphatic carbocycles. The summed E-state index contributed by atoms with van der Waals surface area (Å²) in [5.74, 6) is -1.64. The Labute approximate surface area is 174 Å². The highest BCUT2D eigenvalue weighted by molar-refractivity contribution is 6.05. The van der Waals surface area contributed by atoms with E-state index in [9.17, 15) is 18.8 Å². The van der Waals surface area contributed by atoms with Crippen LogP contribution in [0.5, 0.6) is 0 Å². The lowest BCUT2D eigenvalue weighted by Crippen LogP contribution is -2.35. The normalized spacial score (nSPS) is 13.9. The summed E-state index contributed by atoms with van der Waals surface area (Å²) >= 11 is 0. The second-order valence-electron chi connectivity index (χ2n) is 7.24. The molecule has 3 rings (SSSR count). The maximum absolute atomic E-state index is 14.0. The third kappa shape index (κ3) is 5.79. The molecular formula is C22H25FN4O3. The fourth-order valence-corrected chi connectivity index (χ4v) is 3.29. The van der Waals surface area contributed by atoms with Gasteiger partial charge in [0.25, 0.3) is 5.91 Å². The van der Waals surface area contributed by atoms with Crippen LogP contribution in [-0.2, 0) is 4.79 Å². The monoisotopic (exact) mass is 412 g/mol. The number of hydrogen-bond donors (Lipinski definition) is 3. The minimum absolute atomic E-state index is 0.134. The van der Waals surface area contributed by atoms with Gasteiger partial charge in [-0.15, -0.1) is 0 Å². The predicted octanol–water partition coefficient (Wildman–Crippen LogP) is 4.44. The van der Waals surface area contributed by atoms with Gasteiger partial charge in [0.1, 0.15) is 5.82 Å². The molecule has 0 unspecified atom stereocenters. The maximum atomic E-state index is 14.0. The Bertz CT molecular complexity index is 922. The standard InChI is InChI=1S/C22H25FN4O3/c1-15(28)24-18-10-11-20(23)19(14-18)21(29)25-16-6-8-17(9-7-16)26-22(30)27-12-4-2-3-5-13-27/h6-11,14H,2-5,12-13H2,1H3,(H,24,28)(H,25,29)(H,26,30). The molecule has 0 bridgehead atoms. The number of nitrogens with one attached hydrogen (secondary N) is 3. The zero-order valence-electron chi connectivity index (χ0n) is 16.8. The first-order chi connectivity index (χ1) is 14.4. The molecule has 0 spiro atoms. The SMILES string of the molecule is CC(=O)Nc1ccc(F)c(C(=O)Nc2ccc(NC(=O)N3CCCCCC3)cc2)c1. The lowest BCUT2D eigenvalue weighted by atomic mass is 10.1. The number of hydrogen-bond acceptors (Lipinski definition) is 3. The van der Waals surface area contributed by atoms with Crippen molar-refractivity contribution in [1.29, 1.82) is 0 Å². The van der Waals surface area contributed by atoms with Crippen LogP contribution in [0.1, 0.15) is 43.0 Å². The topological polar surface area (TPSA) is 90.5 Å². The zero-order chi connectivity index (χ0) is 21.5. The molecule has 3 N–H and O–H groups in total. The number of benzene rings is 2. The number of rotatable bonds is 4. The third-order valence-electron chi connectivity index (χ3n) is 4.82. The van der Waals surface area contributed by atoms with Crippen molar-refractivity contribution in [3.63, 3.8) is 0 Å². The highest BCUT2D eigenvalue weighted by atomic mass is 19.1. The van der Waals surface area contributed by atoms with Gasteiger partial charge in [-0.25, -0.2) is 9.18 Å². The number of carbonyl (C=O) groups is 3. The lowest BCUT2D eigenvalue weighted by molar-refractivity contribution is -0.114. The maximum Gasteiger partial charge on any atom is 0.321 e. The van der Waals surface area contributed by atoms with E-state index in [1.165, 1.54) is 19.1 Å². The number of anilines is 3. The van der Waals surface area contributed by atoms with E-state index in [0.29, 0.717) is 17.1 Å². The van der Waals surface area contributed by atoms with Gasteiger partial charge in [-0.3, -0.25) is 9.59 Å². The van der Waals surface area contributed by atoms with Crippen molar-refractivity contribution >= 4 is 34.9 Å². The highest BCUT2D eigenvalue weighted by Gasteiger charge is 2.16. The summed E-state index contributed by atoms with van der Waals surface area (Å²) in [6.07, 6.45) is 4.31. The van der Waals surface area contributed by atoms with E-state index in [4.69, 9.17) is 0 Å². The largest absolute Gasteiger partial charge is 0.326 e. The van der Waals surface area contributed by atoms with E-state index < -0.39 is 11.7 Å². The quantitative estimate of drug-likeness (QED) is 0.693. The first kappa shape index (κ1) is 21.3. The molecule has 0 saturated carbocycles. The lowest BCUT2D eigenvalue weighted by Gasteiger charge is -2.20. The summed E-state index contributed by atoms with van der Waals surface area (Å²) in [5.41, 5.74) is 1.22. The van der Waals surface area contributed by atoms with Gasteiger partial charge in [0, 0.05) is 37.1 Å². The fraction of sp³-hybridized carbons (Fsp3) is 0.318. The average molecular weight is 412 g/mol. The van der Waals surface area contributed by atoms with E-state index in [2.05, 4.69) is 16.0 Å². The van der Waals surface area contributed by atoms with Crippen molar-refractivity contribution in [3.8, 4) is 0 Å². The van der Waals surface area contributed by atoms with Crippen LogP contribution in [0.25, 0.3) is 0 Å². The Kier molecular flexibility index (Phi) is 7.00. The van der Waals surface area contributed by atoms with Crippen LogP contribution >= 0.6 is 0 Å². The number of urea groups is 1. The Morgan fingerprint density at radius 2 is 1.37 bits per heavy atom. The Hall–Kier alpha value is -3.42. The summed E-state index contributed by atoms with van der Waals surface area (Å²) in [5, 5.41) is 8.00. The number of nitrogens with zero attached hydrogens (tertiary/aromatic N) is 1. The first-order valence-electron chi connectivity index (χ1n) is 9.97. The van der Waals surface area contributed by atoms with Crippen molar-refractivity contribution in [2.75, 3.05) is 29.0 Å². The summed E-state index contributed by atoms with van der Waals surface area (Å²) in [6, 6.07) is 10.3. The van der Waals surface area contributed by atoms with E-state index >= 15 is 0 Å². The van der Waals surface area contributed by atoms with Crippen molar-refractivity contribution < 1.29 is 18.8 Å². The van der Waals surface area contributed by atoms with Crippen LogP contribution in [0, 0.1) is 5.82 Å². The molecule has 8 heteroatoms. The molecule has 1 fully saturated rings. The molecule has 30 heavy (non-hydrogen) atoms. The number of halogens is 1. The molecule has 7 nitrogen and oxygen atoms in total.